The first-order valence-corrected chi connectivity index (χ1v) is 10.2. The molecule has 29 heavy (non-hydrogen) atoms. The molecule has 150 valence electrons. The third-order valence-corrected chi connectivity index (χ3v) is 5.66. The largest absolute Gasteiger partial charge is 0.349 e. The number of carbonyl (C=O) groups excluding carboxylic acids is 2. The van der Waals surface area contributed by atoms with Crippen LogP contribution in [0.5, 0.6) is 0 Å². The van der Waals surface area contributed by atoms with Crippen molar-refractivity contribution in [3.8, 4) is 0 Å². The molecule has 1 unspecified atom stereocenters. The van der Waals surface area contributed by atoms with Crippen LogP contribution in [0.3, 0.4) is 0 Å². The smallest absolute Gasteiger partial charge is 0.251 e. The third kappa shape index (κ3) is 4.31. The number of H-pyrrole nitrogens is 1. The lowest BCUT2D eigenvalue weighted by Gasteiger charge is -2.32. The van der Waals surface area contributed by atoms with E-state index in [1.807, 2.05) is 36.1 Å². The second kappa shape index (κ2) is 8.47. The van der Waals surface area contributed by atoms with Gasteiger partial charge in [0.2, 0.25) is 5.91 Å². The van der Waals surface area contributed by atoms with Crippen molar-refractivity contribution in [3.63, 3.8) is 0 Å². The van der Waals surface area contributed by atoms with Crippen LogP contribution in [0.1, 0.15) is 48.0 Å². The highest BCUT2D eigenvalue weighted by atomic mass is 16.2. The lowest BCUT2D eigenvalue weighted by Crippen LogP contribution is -2.42. The van der Waals surface area contributed by atoms with Gasteiger partial charge in [-0.25, -0.2) is 4.98 Å². The molecule has 0 bridgehead atoms. The molecule has 3 heterocycles. The number of benzene rings is 1. The zero-order chi connectivity index (χ0) is 20.2. The number of piperidine rings is 1. The second-order valence-corrected chi connectivity index (χ2v) is 7.74. The number of hydrogen-bond donors (Lipinski definition) is 2. The van der Waals surface area contributed by atoms with Crippen LogP contribution >= 0.6 is 0 Å². The Bertz CT molecular complexity index is 990. The van der Waals surface area contributed by atoms with Gasteiger partial charge in [-0.3, -0.25) is 9.59 Å². The molecule has 1 aliphatic heterocycles. The standard InChI is InChI=1S/C23H26N4O2/c1-16(26-23(29)18-6-3-2-4-7-18)14-21(28)27-12-9-17(10-13-27)20-15-25-22-19(20)8-5-11-24-22/h2-8,11,15-17H,9-10,12-14H2,1H3,(H,24,25)(H,26,29). The van der Waals surface area contributed by atoms with Crippen LogP contribution in [0.2, 0.25) is 0 Å². The molecule has 1 saturated heterocycles. The fraction of sp³-hybridized carbons (Fsp3) is 0.348. The van der Waals surface area contributed by atoms with Gasteiger partial charge in [-0.15, -0.1) is 0 Å². The van der Waals surface area contributed by atoms with E-state index in [-0.39, 0.29) is 17.9 Å². The minimum atomic E-state index is -0.201. The molecule has 0 radical (unpaired) electrons. The van der Waals surface area contributed by atoms with Crippen molar-refractivity contribution in [2.75, 3.05) is 13.1 Å². The highest BCUT2D eigenvalue weighted by Gasteiger charge is 2.26. The summed E-state index contributed by atoms with van der Waals surface area (Å²) in [4.78, 5) is 34.5. The van der Waals surface area contributed by atoms with Crippen LogP contribution in [0.15, 0.2) is 54.9 Å². The minimum Gasteiger partial charge on any atom is -0.349 e. The molecular formula is C23H26N4O2. The zero-order valence-corrected chi connectivity index (χ0v) is 16.6. The lowest BCUT2D eigenvalue weighted by atomic mass is 9.89. The molecule has 0 spiro atoms. The summed E-state index contributed by atoms with van der Waals surface area (Å²) in [5.41, 5.74) is 2.83. The fourth-order valence-corrected chi connectivity index (χ4v) is 4.09. The van der Waals surface area contributed by atoms with Crippen LogP contribution in [0.4, 0.5) is 0 Å². The Hall–Kier alpha value is -3.15. The van der Waals surface area contributed by atoms with Crippen molar-refractivity contribution in [3.05, 3.63) is 66.0 Å². The zero-order valence-electron chi connectivity index (χ0n) is 16.6. The third-order valence-electron chi connectivity index (χ3n) is 5.66. The topological polar surface area (TPSA) is 78.1 Å². The van der Waals surface area contributed by atoms with Crippen molar-refractivity contribution in [1.29, 1.82) is 0 Å². The molecular weight excluding hydrogens is 364 g/mol. The Morgan fingerprint density at radius 3 is 2.69 bits per heavy atom. The van der Waals surface area contributed by atoms with Crippen LogP contribution in [-0.2, 0) is 4.79 Å². The average molecular weight is 390 g/mol. The quantitative estimate of drug-likeness (QED) is 0.700. The molecule has 1 fully saturated rings. The van der Waals surface area contributed by atoms with E-state index in [1.54, 1.807) is 18.3 Å². The summed E-state index contributed by atoms with van der Waals surface area (Å²) in [5, 5.41) is 4.10. The second-order valence-electron chi connectivity index (χ2n) is 7.74. The van der Waals surface area contributed by atoms with E-state index in [1.165, 1.54) is 10.9 Å². The molecule has 1 aliphatic rings. The van der Waals surface area contributed by atoms with Gasteiger partial charge in [-0.05, 0) is 55.5 Å². The number of likely N-dealkylation sites (tertiary alicyclic amines) is 1. The Balaban J connectivity index is 1.29. The summed E-state index contributed by atoms with van der Waals surface area (Å²) >= 11 is 0. The van der Waals surface area contributed by atoms with Crippen molar-refractivity contribution in [2.45, 2.75) is 38.1 Å². The molecule has 0 aliphatic carbocycles. The van der Waals surface area contributed by atoms with Gasteiger partial charge in [0.15, 0.2) is 0 Å². The number of hydrogen-bond acceptors (Lipinski definition) is 3. The number of nitrogens with zero attached hydrogens (tertiary/aromatic N) is 2. The highest BCUT2D eigenvalue weighted by Crippen LogP contribution is 2.32. The molecule has 3 aromatic rings. The summed E-state index contributed by atoms with van der Waals surface area (Å²) in [6, 6.07) is 12.9. The number of aromatic nitrogens is 2. The summed E-state index contributed by atoms with van der Waals surface area (Å²) in [5.74, 6) is 0.398. The summed E-state index contributed by atoms with van der Waals surface area (Å²) in [7, 11) is 0. The predicted molar refractivity (Wildman–Crippen MR) is 113 cm³/mol. The molecule has 2 aromatic heterocycles. The number of aromatic amines is 1. The fourth-order valence-electron chi connectivity index (χ4n) is 4.09. The van der Waals surface area contributed by atoms with Gasteiger partial charge in [-0.2, -0.15) is 0 Å². The van der Waals surface area contributed by atoms with Crippen LogP contribution < -0.4 is 5.32 Å². The molecule has 1 atom stereocenters. The Morgan fingerprint density at radius 1 is 1.17 bits per heavy atom. The van der Waals surface area contributed by atoms with E-state index in [0.717, 1.165) is 31.6 Å². The number of carbonyl (C=O) groups is 2. The first-order valence-electron chi connectivity index (χ1n) is 10.2. The van der Waals surface area contributed by atoms with Crippen molar-refractivity contribution >= 4 is 22.8 Å². The van der Waals surface area contributed by atoms with E-state index in [2.05, 4.69) is 27.5 Å². The molecule has 1 aromatic carbocycles. The molecule has 6 nitrogen and oxygen atoms in total. The van der Waals surface area contributed by atoms with E-state index in [0.29, 0.717) is 17.9 Å². The van der Waals surface area contributed by atoms with Crippen molar-refractivity contribution in [1.82, 2.24) is 20.2 Å². The van der Waals surface area contributed by atoms with E-state index < -0.39 is 0 Å². The minimum absolute atomic E-state index is 0.102. The predicted octanol–water partition coefficient (Wildman–Crippen LogP) is 3.48. The van der Waals surface area contributed by atoms with Gasteiger partial charge in [-0.1, -0.05) is 18.2 Å². The van der Waals surface area contributed by atoms with Gasteiger partial charge in [0.25, 0.3) is 5.91 Å². The molecule has 6 heteroatoms. The molecule has 2 amide bonds. The van der Waals surface area contributed by atoms with Crippen molar-refractivity contribution in [2.24, 2.45) is 0 Å². The van der Waals surface area contributed by atoms with Crippen LogP contribution in [-0.4, -0.2) is 45.8 Å². The number of pyridine rings is 1. The number of fused-ring (bicyclic) bond motifs is 1. The maximum Gasteiger partial charge on any atom is 0.251 e. The summed E-state index contributed by atoms with van der Waals surface area (Å²) < 4.78 is 0. The number of nitrogens with one attached hydrogen (secondary N) is 2. The first-order chi connectivity index (χ1) is 14.1. The van der Waals surface area contributed by atoms with E-state index >= 15 is 0 Å². The SMILES string of the molecule is CC(CC(=O)N1CCC(c2c[nH]c3ncccc23)CC1)NC(=O)c1ccccc1. The first kappa shape index (κ1) is 19.2. The van der Waals surface area contributed by atoms with E-state index in [9.17, 15) is 9.59 Å². The summed E-state index contributed by atoms with van der Waals surface area (Å²) in [6.07, 6.45) is 6.06. The normalized spacial score (nSPS) is 16.0. The van der Waals surface area contributed by atoms with Gasteiger partial charge in [0.05, 0.1) is 0 Å². The van der Waals surface area contributed by atoms with Gasteiger partial charge < -0.3 is 15.2 Å². The summed E-state index contributed by atoms with van der Waals surface area (Å²) in [6.45, 7) is 3.37. The maximum atomic E-state index is 12.7. The maximum absolute atomic E-state index is 12.7. The Kier molecular flexibility index (Phi) is 5.60. The number of amides is 2. The van der Waals surface area contributed by atoms with Crippen LogP contribution in [0.25, 0.3) is 11.0 Å². The monoisotopic (exact) mass is 390 g/mol. The molecule has 4 rings (SSSR count). The molecule has 0 saturated carbocycles. The van der Waals surface area contributed by atoms with Gasteiger partial charge in [0.1, 0.15) is 5.65 Å². The highest BCUT2D eigenvalue weighted by molar-refractivity contribution is 5.94. The van der Waals surface area contributed by atoms with Crippen LogP contribution in [0, 0.1) is 0 Å². The van der Waals surface area contributed by atoms with E-state index in [4.69, 9.17) is 0 Å². The van der Waals surface area contributed by atoms with Gasteiger partial charge >= 0.3 is 0 Å². The Labute approximate surface area is 170 Å². The number of rotatable bonds is 5. The average Bonchev–Trinajstić information content (AvgIpc) is 3.18. The Morgan fingerprint density at radius 2 is 1.93 bits per heavy atom. The molecule has 2 N–H and O–H groups in total. The van der Waals surface area contributed by atoms with Gasteiger partial charge in [0, 0.05) is 48.9 Å². The lowest BCUT2D eigenvalue weighted by molar-refractivity contribution is -0.132. The van der Waals surface area contributed by atoms with Crippen molar-refractivity contribution < 1.29 is 9.59 Å².